The third-order valence-electron chi connectivity index (χ3n) is 3.54. The number of likely N-dealkylation sites (tertiary alicyclic amines) is 1. The third kappa shape index (κ3) is 2.51. The average Bonchev–Trinajstić information content (AvgIpc) is 2.78. The summed E-state index contributed by atoms with van der Waals surface area (Å²) in [5.41, 5.74) is 0. The van der Waals surface area contributed by atoms with Crippen LogP contribution in [0.1, 0.15) is 19.3 Å². The fourth-order valence-electron chi connectivity index (χ4n) is 2.51. The molecule has 16 heavy (non-hydrogen) atoms. The SMILES string of the molecule is O=C([C@H]1CCCNC1)N1CC[C@@H](C(F)F)C1. The highest BCUT2D eigenvalue weighted by atomic mass is 19.3. The Bertz CT molecular complexity index is 254. The van der Waals surface area contributed by atoms with Crippen LogP contribution in [0.4, 0.5) is 8.78 Å². The van der Waals surface area contributed by atoms with Crippen molar-refractivity contribution >= 4 is 5.91 Å². The highest BCUT2D eigenvalue weighted by molar-refractivity contribution is 5.79. The molecule has 0 aromatic heterocycles. The van der Waals surface area contributed by atoms with E-state index in [0.29, 0.717) is 19.5 Å². The van der Waals surface area contributed by atoms with Gasteiger partial charge in [-0.15, -0.1) is 0 Å². The van der Waals surface area contributed by atoms with Crippen molar-refractivity contribution in [1.82, 2.24) is 10.2 Å². The Morgan fingerprint density at radius 1 is 1.38 bits per heavy atom. The van der Waals surface area contributed by atoms with Crippen LogP contribution in [-0.2, 0) is 4.79 Å². The molecule has 1 amide bonds. The van der Waals surface area contributed by atoms with Gasteiger partial charge in [-0.3, -0.25) is 4.79 Å². The largest absolute Gasteiger partial charge is 0.342 e. The number of nitrogens with one attached hydrogen (secondary N) is 1. The van der Waals surface area contributed by atoms with Crippen LogP contribution < -0.4 is 5.32 Å². The Kier molecular flexibility index (Phi) is 3.74. The van der Waals surface area contributed by atoms with Crippen LogP contribution in [0.15, 0.2) is 0 Å². The van der Waals surface area contributed by atoms with Gasteiger partial charge in [0.2, 0.25) is 12.3 Å². The maximum atomic E-state index is 12.5. The standard InChI is InChI=1S/C11H18F2N2O/c12-10(13)9-3-5-15(7-9)11(16)8-2-1-4-14-6-8/h8-10,14H,1-7H2/t8-,9+/m0/s1. The number of nitrogens with zero attached hydrogens (tertiary/aromatic N) is 1. The Labute approximate surface area is 94.2 Å². The highest BCUT2D eigenvalue weighted by Gasteiger charge is 2.34. The van der Waals surface area contributed by atoms with Crippen molar-refractivity contribution < 1.29 is 13.6 Å². The molecule has 0 radical (unpaired) electrons. The number of hydrogen-bond donors (Lipinski definition) is 1. The molecule has 2 heterocycles. The predicted molar refractivity (Wildman–Crippen MR) is 56.3 cm³/mol. The first-order valence-corrected chi connectivity index (χ1v) is 5.96. The molecule has 3 nitrogen and oxygen atoms in total. The molecule has 5 heteroatoms. The van der Waals surface area contributed by atoms with Gasteiger partial charge < -0.3 is 10.2 Å². The second-order valence-electron chi connectivity index (χ2n) is 4.71. The molecule has 2 atom stereocenters. The van der Waals surface area contributed by atoms with Gasteiger partial charge in [-0.05, 0) is 25.8 Å². The van der Waals surface area contributed by atoms with Crippen molar-refractivity contribution in [3.63, 3.8) is 0 Å². The van der Waals surface area contributed by atoms with Crippen molar-refractivity contribution in [2.75, 3.05) is 26.2 Å². The number of carbonyl (C=O) groups excluding carboxylic acids is 1. The summed E-state index contributed by atoms with van der Waals surface area (Å²) in [4.78, 5) is 13.6. The summed E-state index contributed by atoms with van der Waals surface area (Å²) in [6.45, 7) is 2.41. The minimum Gasteiger partial charge on any atom is -0.342 e. The third-order valence-corrected chi connectivity index (χ3v) is 3.54. The lowest BCUT2D eigenvalue weighted by Crippen LogP contribution is -2.42. The van der Waals surface area contributed by atoms with Gasteiger partial charge in [0.15, 0.2) is 0 Å². The maximum absolute atomic E-state index is 12.5. The van der Waals surface area contributed by atoms with Crippen molar-refractivity contribution in [1.29, 1.82) is 0 Å². The van der Waals surface area contributed by atoms with Crippen LogP contribution in [0.2, 0.25) is 0 Å². The molecule has 0 aromatic carbocycles. The summed E-state index contributed by atoms with van der Waals surface area (Å²) in [5, 5.41) is 3.18. The maximum Gasteiger partial charge on any atom is 0.243 e. The minimum atomic E-state index is -2.29. The van der Waals surface area contributed by atoms with E-state index < -0.39 is 12.3 Å². The first-order chi connectivity index (χ1) is 7.68. The predicted octanol–water partition coefficient (Wildman–Crippen LogP) is 1.10. The van der Waals surface area contributed by atoms with Crippen LogP contribution in [-0.4, -0.2) is 43.4 Å². The van der Waals surface area contributed by atoms with E-state index >= 15 is 0 Å². The molecule has 0 unspecified atom stereocenters. The van der Waals surface area contributed by atoms with Crippen LogP contribution in [0.25, 0.3) is 0 Å². The number of hydrogen-bond acceptors (Lipinski definition) is 2. The fourth-order valence-corrected chi connectivity index (χ4v) is 2.51. The average molecular weight is 232 g/mol. The van der Waals surface area contributed by atoms with E-state index in [1.165, 1.54) is 0 Å². The number of halogens is 2. The van der Waals surface area contributed by atoms with Crippen molar-refractivity contribution in [2.45, 2.75) is 25.7 Å². The summed E-state index contributed by atoms with van der Waals surface area (Å²) in [6.07, 6.45) is 0.0515. The zero-order chi connectivity index (χ0) is 11.5. The smallest absolute Gasteiger partial charge is 0.243 e. The first kappa shape index (κ1) is 11.8. The quantitative estimate of drug-likeness (QED) is 0.773. The van der Waals surface area contributed by atoms with Crippen LogP contribution in [0, 0.1) is 11.8 Å². The molecular formula is C11H18F2N2O. The molecule has 92 valence electrons. The molecule has 2 rings (SSSR count). The summed E-state index contributed by atoms with van der Waals surface area (Å²) in [5.74, 6) is -0.541. The van der Waals surface area contributed by atoms with Crippen LogP contribution in [0.5, 0.6) is 0 Å². The fraction of sp³-hybridized carbons (Fsp3) is 0.909. The molecule has 0 saturated carbocycles. The van der Waals surface area contributed by atoms with E-state index in [0.717, 1.165) is 19.4 Å². The Morgan fingerprint density at radius 3 is 2.75 bits per heavy atom. The minimum absolute atomic E-state index is 0.00479. The van der Waals surface area contributed by atoms with Gasteiger partial charge in [-0.25, -0.2) is 8.78 Å². The lowest BCUT2D eigenvalue weighted by molar-refractivity contribution is -0.135. The topological polar surface area (TPSA) is 32.3 Å². The van der Waals surface area contributed by atoms with Gasteiger partial charge in [0.05, 0.1) is 5.92 Å². The van der Waals surface area contributed by atoms with Crippen molar-refractivity contribution in [2.24, 2.45) is 11.8 Å². The number of rotatable bonds is 2. The van der Waals surface area contributed by atoms with E-state index in [2.05, 4.69) is 5.32 Å². The molecular weight excluding hydrogens is 214 g/mol. The van der Waals surface area contributed by atoms with E-state index in [4.69, 9.17) is 0 Å². The van der Waals surface area contributed by atoms with Gasteiger partial charge in [-0.1, -0.05) is 0 Å². The second-order valence-corrected chi connectivity index (χ2v) is 4.71. The molecule has 2 aliphatic heterocycles. The Hall–Kier alpha value is -0.710. The summed E-state index contributed by atoms with van der Waals surface area (Å²) < 4.78 is 24.9. The Balaban J connectivity index is 1.86. The number of piperidine rings is 1. The number of alkyl halides is 2. The summed E-state index contributed by atoms with van der Waals surface area (Å²) in [7, 11) is 0. The molecule has 0 aromatic rings. The van der Waals surface area contributed by atoms with Gasteiger partial charge in [-0.2, -0.15) is 0 Å². The zero-order valence-electron chi connectivity index (χ0n) is 9.29. The van der Waals surface area contributed by atoms with Gasteiger partial charge in [0.1, 0.15) is 0 Å². The van der Waals surface area contributed by atoms with Crippen LogP contribution >= 0.6 is 0 Å². The lowest BCUT2D eigenvalue weighted by atomic mass is 9.98. The molecule has 0 aliphatic carbocycles. The zero-order valence-corrected chi connectivity index (χ0v) is 9.29. The molecule has 2 aliphatic rings. The molecule has 1 N–H and O–H groups in total. The second kappa shape index (κ2) is 5.08. The first-order valence-electron chi connectivity index (χ1n) is 5.96. The van der Waals surface area contributed by atoms with E-state index in [1.54, 1.807) is 4.90 Å². The normalized spacial score (nSPS) is 31.1. The lowest BCUT2D eigenvalue weighted by Gasteiger charge is -2.26. The Morgan fingerprint density at radius 2 is 2.19 bits per heavy atom. The molecule has 2 saturated heterocycles. The van der Waals surface area contributed by atoms with Gasteiger partial charge in [0, 0.05) is 25.6 Å². The van der Waals surface area contributed by atoms with Gasteiger partial charge >= 0.3 is 0 Å². The van der Waals surface area contributed by atoms with E-state index in [1.807, 2.05) is 0 Å². The number of carbonyl (C=O) groups is 1. The van der Waals surface area contributed by atoms with Gasteiger partial charge in [0.25, 0.3) is 0 Å². The van der Waals surface area contributed by atoms with E-state index in [-0.39, 0.29) is 18.4 Å². The summed E-state index contributed by atoms with van der Waals surface area (Å²) >= 11 is 0. The highest BCUT2D eigenvalue weighted by Crippen LogP contribution is 2.25. The van der Waals surface area contributed by atoms with Crippen molar-refractivity contribution in [3.05, 3.63) is 0 Å². The van der Waals surface area contributed by atoms with Crippen molar-refractivity contribution in [3.8, 4) is 0 Å². The molecule has 0 spiro atoms. The number of amides is 1. The van der Waals surface area contributed by atoms with E-state index in [9.17, 15) is 13.6 Å². The monoisotopic (exact) mass is 232 g/mol. The van der Waals surface area contributed by atoms with Crippen LogP contribution in [0.3, 0.4) is 0 Å². The molecule has 0 bridgehead atoms. The summed E-state index contributed by atoms with van der Waals surface area (Å²) in [6, 6.07) is 0. The molecule has 2 fully saturated rings.